The van der Waals surface area contributed by atoms with Crippen molar-refractivity contribution in [1.29, 1.82) is 0 Å². The number of nitro groups is 1. The average Bonchev–Trinajstić information content (AvgIpc) is 2.58. The van der Waals surface area contributed by atoms with E-state index in [1.54, 1.807) is 0 Å². The number of rotatable bonds is 5. The topological polar surface area (TPSA) is 92.5 Å². The van der Waals surface area contributed by atoms with Gasteiger partial charge in [-0.05, 0) is 30.7 Å². The molecular weight excluding hydrogens is 353 g/mol. The van der Waals surface area contributed by atoms with Crippen LogP contribution in [0.15, 0.2) is 42.5 Å². The number of benzene rings is 2. The maximum atomic E-state index is 12.5. The molecule has 0 aliphatic carbocycles. The zero-order valence-corrected chi connectivity index (χ0v) is 13.6. The minimum Gasteiger partial charge on any atom is -0.387 e. The number of alkyl halides is 3. The van der Waals surface area contributed by atoms with Crippen molar-refractivity contribution in [3.05, 3.63) is 74.8 Å². The number of nitro benzene ring substituents is 1. The van der Waals surface area contributed by atoms with Gasteiger partial charge in [-0.3, -0.25) is 14.9 Å². The molecule has 0 bridgehead atoms. The van der Waals surface area contributed by atoms with Crippen molar-refractivity contribution in [1.82, 2.24) is 5.32 Å². The molecule has 0 aromatic heterocycles. The Morgan fingerprint density at radius 1 is 1.23 bits per heavy atom. The first-order valence-electron chi connectivity index (χ1n) is 7.48. The van der Waals surface area contributed by atoms with Crippen LogP contribution in [0.4, 0.5) is 18.9 Å². The number of aliphatic hydroxyl groups excluding tert-OH is 1. The van der Waals surface area contributed by atoms with Gasteiger partial charge >= 0.3 is 6.18 Å². The van der Waals surface area contributed by atoms with Gasteiger partial charge in [0.1, 0.15) is 0 Å². The second-order valence-electron chi connectivity index (χ2n) is 5.55. The Morgan fingerprint density at radius 2 is 1.85 bits per heavy atom. The van der Waals surface area contributed by atoms with Crippen LogP contribution in [-0.2, 0) is 6.18 Å². The van der Waals surface area contributed by atoms with Crippen molar-refractivity contribution in [2.75, 3.05) is 6.54 Å². The quantitative estimate of drug-likeness (QED) is 0.625. The Labute approximate surface area is 146 Å². The Kier molecular flexibility index (Phi) is 5.61. The summed E-state index contributed by atoms with van der Waals surface area (Å²) in [5.74, 6) is -0.628. The van der Waals surface area contributed by atoms with Gasteiger partial charge in [-0.1, -0.05) is 18.2 Å². The van der Waals surface area contributed by atoms with Gasteiger partial charge in [-0.2, -0.15) is 13.2 Å². The highest BCUT2D eigenvalue weighted by atomic mass is 19.4. The SMILES string of the molecule is Cc1c(C(=O)NCC(O)c2ccc(C(F)(F)F)cc2)cccc1[N+](=O)[O-]. The summed E-state index contributed by atoms with van der Waals surface area (Å²) in [5.41, 5.74) is -0.586. The fraction of sp³-hybridized carbons (Fsp3) is 0.235. The third-order valence-corrected chi connectivity index (χ3v) is 3.83. The molecule has 1 unspecified atom stereocenters. The number of carbonyl (C=O) groups is 1. The Hall–Kier alpha value is -2.94. The number of aliphatic hydroxyl groups is 1. The minimum atomic E-state index is -4.47. The van der Waals surface area contributed by atoms with E-state index in [1.807, 2.05) is 0 Å². The van der Waals surface area contributed by atoms with E-state index in [2.05, 4.69) is 5.32 Å². The molecule has 2 aromatic carbocycles. The van der Waals surface area contributed by atoms with Crippen molar-refractivity contribution in [2.24, 2.45) is 0 Å². The van der Waals surface area contributed by atoms with Crippen LogP contribution in [0, 0.1) is 17.0 Å². The lowest BCUT2D eigenvalue weighted by molar-refractivity contribution is -0.385. The number of amides is 1. The monoisotopic (exact) mass is 368 g/mol. The van der Waals surface area contributed by atoms with Gasteiger partial charge in [-0.25, -0.2) is 0 Å². The van der Waals surface area contributed by atoms with Crippen LogP contribution in [0.5, 0.6) is 0 Å². The predicted molar refractivity (Wildman–Crippen MR) is 86.6 cm³/mol. The molecule has 0 heterocycles. The highest BCUT2D eigenvalue weighted by Gasteiger charge is 2.30. The van der Waals surface area contributed by atoms with Gasteiger partial charge < -0.3 is 10.4 Å². The van der Waals surface area contributed by atoms with Gasteiger partial charge in [0, 0.05) is 23.7 Å². The summed E-state index contributed by atoms with van der Waals surface area (Å²) in [6.45, 7) is 1.17. The molecule has 0 aliphatic heterocycles. The molecule has 0 saturated heterocycles. The molecule has 0 radical (unpaired) electrons. The van der Waals surface area contributed by atoms with Crippen LogP contribution in [-0.4, -0.2) is 22.5 Å². The maximum absolute atomic E-state index is 12.5. The Bertz CT molecular complexity index is 820. The van der Waals surface area contributed by atoms with Gasteiger partial charge in [0.25, 0.3) is 11.6 Å². The molecule has 2 N–H and O–H groups in total. The fourth-order valence-electron chi connectivity index (χ4n) is 2.36. The van der Waals surface area contributed by atoms with Crippen LogP contribution in [0.25, 0.3) is 0 Å². The van der Waals surface area contributed by atoms with Crippen molar-refractivity contribution in [3.8, 4) is 0 Å². The van der Waals surface area contributed by atoms with E-state index in [4.69, 9.17) is 0 Å². The van der Waals surface area contributed by atoms with Gasteiger partial charge in [-0.15, -0.1) is 0 Å². The van der Waals surface area contributed by atoms with Crippen molar-refractivity contribution < 1.29 is 28.0 Å². The van der Waals surface area contributed by atoms with Crippen molar-refractivity contribution in [3.63, 3.8) is 0 Å². The second kappa shape index (κ2) is 7.52. The molecule has 0 fully saturated rings. The number of hydrogen-bond donors (Lipinski definition) is 2. The third-order valence-electron chi connectivity index (χ3n) is 3.83. The molecule has 2 aromatic rings. The molecule has 6 nitrogen and oxygen atoms in total. The number of nitrogens with one attached hydrogen (secondary N) is 1. The highest BCUT2D eigenvalue weighted by Crippen LogP contribution is 2.30. The molecular formula is C17H15F3N2O4. The van der Waals surface area contributed by atoms with Gasteiger partial charge in [0.05, 0.1) is 16.6 Å². The van der Waals surface area contributed by atoms with E-state index in [-0.39, 0.29) is 28.9 Å². The summed E-state index contributed by atoms with van der Waals surface area (Å²) < 4.78 is 37.6. The standard InChI is InChI=1S/C17H15F3N2O4/c1-10-13(3-2-4-14(10)22(25)26)16(24)21-9-15(23)11-5-7-12(8-6-11)17(18,19)20/h2-8,15,23H,9H2,1H3,(H,21,24). The Morgan fingerprint density at radius 3 is 2.38 bits per heavy atom. The molecule has 0 spiro atoms. The van der Waals surface area contributed by atoms with Crippen LogP contribution >= 0.6 is 0 Å². The lowest BCUT2D eigenvalue weighted by atomic mass is 10.0. The number of nitrogens with zero attached hydrogens (tertiary/aromatic N) is 1. The van der Waals surface area contributed by atoms with Crippen molar-refractivity contribution >= 4 is 11.6 Å². The second-order valence-corrected chi connectivity index (χ2v) is 5.55. The van der Waals surface area contributed by atoms with E-state index in [0.717, 1.165) is 24.3 Å². The summed E-state index contributed by atoms with van der Waals surface area (Å²) in [6, 6.07) is 7.96. The summed E-state index contributed by atoms with van der Waals surface area (Å²) in [7, 11) is 0. The molecule has 0 aliphatic rings. The lowest BCUT2D eigenvalue weighted by Crippen LogP contribution is -2.29. The summed E-state index contributed by atoms with van der Waals surface area (Å²) in [5, 5.41) is 23.3. The van der Waals surface area contributed by atoms with E-state index in [0.29, 0.717) is 0 Å². The summed E-state index contributed by atoms with van der Waals surface area (Å²) >= 11 is 0. The van der Waals surface area contributed by atoms with E-state index in [1.165, 1.54) is 25.1 Å². The highest BCUT2D eigenvalue weighted by molar-refractivity contribution is 5.96. The van der Waals surface area contributed by atoms with Crippen molar-refractivity contribution in [2.45, 2.75) is 19.2 Å². The minimum absolute atomic E-state index is 0.0822. The number of hydrogen-bond acceptors (Lipinski definition) is 4. The largest absolute Gasteiger partial charge is 0.416 e. The summed E-state index contributed by atoms with van der Waals surface area (Å²) in [4.78, 5) is 22.5. The molecule has 9 heteroatoms. The zero-order chi connectivity index (χ0) is 19.5. The first kappa shape index (κ1) is 19.4. The van der Waals surface area contributed by atoms with E-state index in [9.17, 15) is 33.2 Å². The molecule has 138 valence electrons. The summed E-state index contributed by atoms with van der Waals surface area (Å²) in [6.07, 6.45) is -5.70. The fourth-order valence-corrected chi connectivity index (χ4v) is 2.36. The first-order valence-corrected chi connectivity index (χ1v) is 7.48. The van der Waals surface area contributed by atoms with E-state index < -0.39 is 28.7 Å². The predicted octanol–water partition coefficient (Wildman–Crippen LogP) is 3.39. The van der Waals surface area contributed by atoms with Gasteiger partial charge in [0.15, 0.2) is 0 Å². The van der Waals surface area contributed by atoms with Crippen LogP contribution in [0.1, 0.15) is 33.2 Å². The smallest absolute Gasteiger partial charge is 0.387 e. The molecule has 2 rings (SSSR count). The average molecular weight is 368 g/mol. The molecule has 26 heavy (non-hydrogen) atoms. The maximum Gasteiger partial charge on any atom is 0.416 e. The molecule has 0 saturated carbocycles. The van der Waals surface area contributed by atoms with Crippen LogP contribution < -0.4 is 5.32 Å². The lowest BCUT2D eigenvalue weighted by Gasteiger charge is -2.14. The normalized spacial score (nSPS) is 12.5. The van der Waals surface area contributed by atoms with Crippen LogP contribution in [0.3, 0.4) is 0 Å². The zero-order valence-electron chi connectivity index (χ0n) is 13.6. The molecule has 1 amide bonds. The third kappa shape index (κ3) is 4.37. The van der Waals surface area contributed by atoms with Crippen LogP contribution in [0.2, 0.25) is 0 Å². The Balaban J connectivity index is 2.05. The van der Waals surface area contributed by atoms with Gasteiger partial charge in [0.2, 0.25) is 0 Å². The first-order chi connectivity index (χ1) is 12.1. The number of halogens is 3. The number of carbonyl (C=O) groups excluding carboxylic acids is 1. The van der Waals surface area contributed by atoms with E-state index >= 15 is 0 Å². The molecule has 1 atom stereocenters.